The molecule has 2 aromatic rings. The quantitative estimate of drug-likeness (QED) is 0.874. The summed E-state index contributed by atoms with van der Waals surface area (Å²) in [6.07, 6.45) is 2.07. The summed E-state index contributed by atoms with van der Waals surface area (Å²) in [5, 5.41) is 6.92. The summed E-state index contributed by atoms with van der Waals surface area (Å²) in [7, 11) is 0. The molecule has 0 fully saturated rings. The Kier molecular flexibility index (Phi) is 5.32. The summed E-state index contributed by atoms with van der Waals surface area (Å²) in [4.78, 5) is 4.58. The monoisotopic (exact) mass is 288 g/mol. The van der Waals surface area contributed by atoms with Gasteiger partial charge in [-0.05, 0) is 50.4 Å². The van der Waals surface area contributed by atoms with Gasteiger partial charge in [0, 0.05) is 17.8 Å². The Hall–Kier alpha value is -1.19. The Balaban J connectivity index is 2.06. The van der Waals surface area contributed by atoms with E-state index in [1.807, 2.05) is 0 Å². The van der Waals surface area contributed by atoms with Crippen molar-refractivity contribution in [2.45, 2.75) is 46.6 Å². The lowest BCUT2D eigenvalue weighted by molar-refractivity contribution is 0.517. The topological polar surface area (TPSA) is 24.9 Å². The summed E-state index contributed by atoms with van der Waals surface area (Å²) in [6.45, 7) is 9.59. The van der Waals surface area contributed by atoms with Crippen molar-refractivity contribution in [3.05, 3.63) is 51.0 Å². The third-order valence-electron chi connectivity index (χ3n) is 3.67. The van der Waals surface area contributed by atoms with Crippen molar-refractivity contribution in [3.63, 3.8) is 0 Å². The second-order valence-electron chi connectivity index (χ2n) is 5.44. The Bertz CT molecular complexity index is 560. The van der Waals surface area contributed by atoms with Gasteiger partial charge in [0.2, 0.25) is 0 Å². The van der Waals surface area contributed by atoms with Crippen molar-refractivity contribution in [1.82, 2.24) is 10.3 Å². The van der Waals surface area contributed by atoms with E-state index >= 15 is 0 Å². The Morgan fingerprint density at radius 1 is 1.15 bits per heavy atom. The van der Waals surface area contributed by atoms with Crippen molar-refractivity contribution in [1.29, 1.82) is 0 Å². The van der Waals surface area contributed by atoms with Crippen molar-refractivity contribution in [2.75, 3.05) is 6.54 Å². The number of thiazole rings is 1. The van der Waals surface area contributed by atoms with Crippen LogP contribution in [0.15, 0.2) is 23.6 Å². The molecule has 0 aliphatic carbocycles. The lowest BCUT2D eigenvalue weighted by Crippen LogP contribution is -2.33. The Morgan fingerprint density at radius 2 is 1.95 bits per heavy atom. The molecule has 2 nitrogen and oxygen atoms in total. The lowest BCUT2D eigenvalue weighted by Gasteiger charge is -2.17. The number of aromatic nitrogens is 1. The molecular weight excluding hydrogens is 264 g/mol. The van der Waals surface area contributed by atoms with Crippen LogP contribution < -0.4 is 5.32 Å². The predicted molar refractivity (Wildman–Crippen MR) is 87.6 cm³/mol. The number of benzene rings is 1. The highest BCUT2D eigenvalue weighted by Crippen LogP contribution is 2.15. The van der Waals surface area contributed by atoms with Crippen LogP contribution in [0.25, 0.3) is 0 Å². The second-order valence-corrected chi connectivity index (χ2v) is 6.50. The predicted octanol–water partition coefficient (Wildman–Crippen LogP) is 3.83. The van der Waals surface area contributed by atoms with Crippen LogP contribution in [0.4, 0.5) is 0 Å². The van der Waals surface area contributed by atoms with E-state index in [2.05, 4.69) is 61.6 Å². The Labute approximate surface area is 126 Å². The third kappa shape index (κ3) is 4.15. The molecule has 1 aromatic heterocycles. The summed E-state index contributed by atoms with van der Waals surface area (Å²) in [5.74, 6) is 0. The molecule has 0 saturated carbocycles. The smallest absolute Gasteiger partial charge is 0.0897 e. The molecule has 20 heavy (non-hydrogen) atoms. The van der Waals surface area contributed by atoms with Gasteiger partial charge >= 0.3 is 0 Å². The minimum absolute atomic E-state index is 0.462. The molecule has 1 N–H and O–H groups in total. The molecule has 1 unspecified atom stereocenters. The van der Waals surface area contributed by atoms with Crippen molar-refractivity contribution in [2.24, 2.45) is 0 Å². The number of hydrogen-bond acceptors (Lipinski definition) is 3. The van der Waals surface area contributed by atoms with Gasteiger partial charge in [0.1, 0.15) is 0 Å². The highest BCUT2D eigenvalue weighted by Gasteiger charge is 2.12. The van der Waals surface area contributed by atoms with Crippen LogP contribution in [-0.4, -0.2) is 17.6 Å². The Morgan fingerprint density at radius 3 is 2.55 bits per heavy atom. The fourth-order valence-corrected chi connectivity index (χ4v) is 3.10. The number of rotatable bonds is 6. The summed E-state index contributed by atoms with van der Waals surface area (Å²) >= 11 is 1.74. The summed E-state index contributed by atoms with van der Waals surface area (Å²) in [6, 6.07) is 7.25. The van der Waals surface area contributed by atoms with Gasteiger partial charge in [0.25, 0.3) is 0 Å². The maximum absolute atomic E-state index is 4.58. The standard InChI is InChI=1S/C17H24N2S/c1-5-18-16(10-17-11-20-14(4)19-17)9-15-7-6-12(2)13(3)8-15/h6-8,11,16,18H,5,9-10H2,1-4H3. The largest absolute Gasteiger partial charge is 0.314 e. The normalized spacial score (nSPS) is 12.6. The maximum Gasteiger partial charge on any atom is 0.0897 e. The molecular formula is C17H24N2S. The van der Waals surface area contributed by atoms with E-state index in [0.29, 0.717) is 6.04 Å². The molecule has 2 rings (SSSR count). The number of aryl methyl sites for hydroxylation is 3. The average molecular weight is 288 g/mol. The summed E-state index contributed by atoms with van der Waals surface area (Å²) in [5.41, 5.74) is 5.36. The number of nitrogens with one attached hydrogen (secondary N) is 1. The number of likely N-dealkylation sites (N-methyl/N-ethyl adjacent to an activating group) is 1. The van der Waals surface area contributed by atoms with E-state index in [1.54, 1.807) is 11.3 Å². The zero-order valence-corrected chi connectivity index (χ0v) is 13.7. The first kappa shape index (κ1) is 15.2. The molecule has 0 saturated heterocycles. The second kappa shape index (κ2) is 7.00. The molecule has 0 aliphatic heterocycles. The lowest BCUT2D eigenvalue weighted by atomic mass is 9.98. The molecule has 0 bridgehead atoms. The van der Waals surface area contributed by atoms with E-state index in [9.17, 15) is 0 Å². The molecule has 3 heteroatoms. The minimum atomic E-state index is 0.462. The fourth-order valence-electron chi connectivity index (χ4n) is 2.47. The van der Waals surface area contributed by atoms with Crippen molar-refractivity contribution < 1.29 is 0 Å². The van der Waals surface area contributed by atoms with E-state index < -0.39 is 0 Å². The number of hydrogen-bond donors (Lipinski definition) is 1. The van der Waals surface area contributed by atoms with E-state index in [4.69, 9.17) is 0 Å². The van der Waals surface area contributed by atoms with E-state index in [-0.39, 0.29) is 0 Å². The van der Waals surface area contributed by atoms with Gasteiger partial charge in [-0.2, -0.15) is 0 Å². The van der Waals surface area contributed by atoms with Crippen LogP contribution in [0.5, 0.6) is 0 Å². The van der Waals surface area contributed by atoms with Gasteiger partial charge in [-0.3, -0.25) is 0 Å². The highest BCUT2D eigenvalue weighted by molar-refractivity contribution is 7.09. The third-order valence-corrected chi connectivity index (χ3v) is 4.49. The maximum atomic E-state index is 4.58. The molecule has 1 atom stereocenters. The van der Waals surface area contributed by atoms with E-state index in [0.717, 1.165) is 24.4 Å². The van der Waals surface area contributed by atoms with Crippen LogP contribution in [-0.2, 0) is 12.8 Å². The van der Waals surface area contributed by atoms with Gasteiger partial charge in [-0.25, -0.2) is 4.98 Å². The first-order valence-corrected chi connectivity index (χ1v) is 8.17. The van der Waals surface area contributed by atoms with Crippen molar-refractivity contribution in [3.8, 4) is 0 Å². The zero-order chi connectivity index (χ0) is 14.5. The summed E-state index contributed by atoms with van der Waals surface area (Å²) < 4.78 is 0. The van der Waals surface area contributed by atoms with Gasteiger partial charge in [-0.1, -0.05) is 25.1 Å². The molecule has 0 amide bonds. The van der Waals surface area contributed by atoms with Crippen LogP contribution >= 0.6 is 11.3 Å². The van der Waals surface area contributed by atoms with Crippen LogP contribution in [0.1, 0.15) is 34.3 Å². The zero-order valence-electron chi connectivity index (χ0n) is 12.9. The molecule has 0 radical (unpaired) electrons. The SMILES string of the molecule is CCNC(Cc1ccc(C)c(C)c1)Cc1csc(C)n1. The van der Waals surface area contributed by atoms with Gasteiger partial charge in [0.05, 0.1) is 10.7 Å². The van der Waals surface area contributed by atoms with Crippen LogP contribution in [0.2, 0.25) is 0 Å². The fraction of sp³-hybridized carbons (Fsp3) is 0.471. The van der Waals surface area contributed by atoms with Gasteiger partial charge in [0.15, 0.2) is 0 Å². The minimum Gasteiger partial charge on any atom is -0.314 e. The first-order valence-electron chi connectivity index (χ1n) is 7.29. The van der Waals surface area contributed by atoms with Crippen molar-refractivity contribution >= 4 is 11.3 Å². The molecule has 1 heterocycles. The van der Waals surface area contributed by atoms with Crippen LogP contribution in [0, 0.1) is 20.8 Å². The number of nitrogens with zero attached hydrogens (tertiary/aromatic N) is 1. The first-order chi connectivity index (χ1) is 9.58. The average Bonchev–Trinajstić information content (AvgIpc) is 2.80. The highest BCUT2D eigenvalue weighted by atomic mass is 32.1. The van der Waals surface area contributed by atoms with E-state index in [1.165, 1.54) is 22.4 Å². The molecule has 108 valence electrons. The molecule has 0 aliphatic rings. The van der Waals surface area contributed by atoms with Gasteiger partial charge in [-0.15, -0.1) is 11.3 Å². The van der Waals surface area contributed by atoms with Gasteiger partial charge < -0.3 is 5.32 Å². The molecule has 0 spiro atoms. The van der Waals surface area contributed by atoms with Crippen LogP contribution in [0.3, 0.4) is 0 Å². The molecule has 1 aromatic carbocycles.